The molecule has 2 N–H and O–H groups in total. The average molecular weight is 374 g/mol. The predicted octanol–water partition coefficient (Wildman–Crippen LogP) is 4.54. The molecule has 0 heterocycles. The van der Waals surface area contributed by atoms with E-state index < -0.39 is 5.54 Å². The Labute approximate surface area is 166 Å². The SMILES string of the molecule is CNC(=O)CCC(C)(C)NC(=O)c1ccc(-c2ccc3ccccc3c2)cc1. The molecule has 4 nitrogen and oxygen atoms in total. The number of nitrogens with one attached hydrogen (secondary N) is 2. The molecule has 0 saturated heterocycles. The molecule has 0 aliphatic heterocycles. The quantitative estimate of drug-likeness (QED) is 0.665. The van der Waals surface area contributed by atoms with E-state index in [1.54, 1.807) is 7.05 Å². The Bertz CT molecular complexity index is 991. The smallest absolute Gasteiger partial charge is 0.251 e. The van der Waals surface area contributed by atoms with Crippen molar-refractivity contribution >= 4 is 22.6 Å². The molecule has 3 aromatic rings. The molecule has 0 saturated carbocycles. The monoisotopic (exact) mass is 374 g/mol. The van der Waals surface area contributed by atoms with Gasteiger partial charge >= 0.3 is 0 Å². The number of fused-ring (bicyclic) bond motifs is 1. The van der Waals surface area contributed by atoms with Gasteiger partial charge in [0.2, 0.25) is 5.91 Å². The lowest BCUT2D eigenvalue weighted by Crippen LogP contribution is -2.44. The molecular formula is C24H26N2O2. The topological polar surface area (TPSA) is 58.2 Å². The van der Waals surface area contributed by atoms with Crippen LogP contribution in [0.15, 0.2) is 66.7 Å². The molecule has 28 heavy (non-hydrogen) atoms. The Morgan fingerprint density at radius 3 is 2.18 bits per heavy atom. The van der Waals surface area contributed by atoms with Crippen molar-refractivity contribution in [2.45, 2.75) is 32.2 Å². The van der Waals surface area contributed by atoms with E-state index in [4.69, 9.17) is 0 Å². The third-order valence-corrected chi connectivity index (χ3v) is 4.94. The summed E-state index contributed by atoms with van der Waals surface area (Å²) in [6.07, 6.45) is 0.957. The maximum absolute atomic E-state index is 12.6. The number of carbonyl (C=O) groups excluding carboxylic acids is 2. The van der Waals surface area contributed by atoms with Crippen LogP contribution in [0.3, 0.4) is 0 Å². The van der Waals surface area contributed by atoms with E-state index in [-0.39, 0.29) is 11.8 Å². The van der Waals surface area contributed by atoms with Crippen molar-refractivity contribution in [2.24, 2.45) is 0 Å². The summed E-state index contributed by atoms with van der Waals surface area (Å²) in [5.74, 6) is -0.158. The first-order chi connectivity index (χ1) is 13.4. The van der Waals surface area contributed by atoms with Gasteiger partial charge in [0.25, 0.3) is 5.91 Å². The molecule has 0 bridgehead atoms. The van der Waals surface area contributed by atoms with Crippen LogP contribution in [0.1, 0.15) is 37.0 Å². The number of rotatable bonds is 6. The molecule has 0 atom stereocenters. The van der Waals surface area contributed by atoms with Crippen LogP contribution < -0.4 is 10.6 Å². The van der Waals surface area contributed by atoms with Crippen molar-refractivity contribution in [3.05, 3.63) is 72.3 Å². The number of benzene rings is 3. The van der Waals surface area contributed by atoms with Crippen molar-refractivity contribution in [1.29, 1.82) is 0 Å². The molecule has 0 fully saturated rings. The minimum atomic E-state index is -0.458. The summed E-state index contributed by atoms with van der Waals surface area (Å²) < 4.78 is 0. The van der Waals surface area contributed by atoms with E-state index in [0.29, 0.717) is 18.4 Å². The minimum absolute atomic E-state index is 0.0259. The standard InChI is InChI=1S/C24H26N2O2/c1-24(2,15-14-22(27)25-3)26-23(28)19-11-8-18(9-12-19)21-13-10-17-6-4-5-7-20(17)16-21/h4-13,16H,14-15H2,1-3H3,(H,25,27)(H,26,28). The zero-order valence-electron chi connectivity index (χ0n) is 16.6. The second kappa shape index (κ2) is 8.26. The normalized spacial score (nSPS) is 11.2. The van der Waals surface area contributed by atoms with E-state index >= 15 is 0 Å². The van der Waals surface area contributed by atoms with Crippen molar-refractivity contribution in [1.82, 2.24) is 10.6 Å². The summed E-state index contributed by atoms with van der Waals surface area (Å²) in [6, 6.07) is 22.2. The summed E-state index contributed by atoms with van der Waals surface area (Å²) in [4.78, 5) is 24.0. The van der Waals surface area contributed by atoms with Crippen molar-refractivity contribution in [3.8, 4) is 11.1 Å². The maximum Gasteiger partial charge on any atom is 0.251 e. The maximum atomic E-state index is 12.6. The molecule has 0 aromatic heterocycles. The highest BCUT2D eigenvalue weighted by Gasteiger charge is 2.22. The molecule has 3 rings (SSSR count). The lowest BCUT2D eigenvalue weighted by atomic mass is 9.97. The van der Waals surface area contributed by atoms with E-state index in [1.807, 2.05) is 50.2 Å². The van der Waals surface area contributed by atoms with Crippen LogP contribution in [0.2, 0.25) is 0 Å². The van der Waals surface area contributed by atoms with Crippen molar-refractivity contribution in [2.75, 3.05) is 7.05 Å². The summed E-state index contributed by atoms with van der Waals surface area (Å²) in [7, 11) is 1.62. The molecule has 4 heteroatoms. The first-order valence-corrected chi connectivity index (χ1v) is 9.50. The molecule has 0 radical (unpaired) electrons. The van der Waals surface area contributed by atoms with Crippen molar-refractivity contribution < 1.29 is 9.59 Å². The van der Waals surface area contributed by atoms with Gasteiger partial charge in [-0.2, -0.15) is 0 Å². The van der Waals surface area contributed by atoms with Crippen LogP contribution in [0, 0.1) is 0 Å². The van der Waals surface area contributed by atoms with Crippen LogP contribution in [0.25, 0.3) is 21.9 Å². The fourth-order valence-corrected chi connectivity index (χ4v) is 3.18. The number of amides is 2. The Hall–Kier alpha value is -3.14. The van der Waals surface area contributed by atoms with E-state index in [1.165, 1.54) is 10.8 Å². The lowest BCUT2D eigenvalue weighted by molar-refractivity contribution is -0.121. The average Bonchev–Trinajstić information content (AvgIpc) is 2.71. The summed E-state index contributed by atoms with van der Waals surface area (Å²) in [5, 5.41) is 8.02. The number of hydrogen-bond donors (Lipinski definition) is 2. The van der Waals surface area contributed by atoms with Crippen LogP contribution >= 0.6 is 0 Å². The molecule has 0 aliphatic rings. The largest absolute Gasteiger partial charge is 0.359 e. The first-order valence-electron chi connectivity index (χ1n) is 9.50. The van der Waals surface area contributed by atoms with Crippen LogP contribution in [0.5, 0.6) is 0 Å². The van der Waals surface area contributed by atoms with Gasteiger partial charge in [-0.15, -0.1) is 0 Å². The fourth-order valence-electron chi connectivity index (χ4n) is 3.18. The number of hydrogen-bond acceptors (Lipinski definition) is 2. The summed E-state index contributed by atoms with van der Waals surface area (Å²) in [5.41, 5.74) is 2.34. The van der Waals surface area contributed by atoms with Crippen molar-refractivity contribution in [3.63, 3.8) is 0 Å². The Kier molecular flexibility index (Phi) is 5.78. The fraction of sp³-hybridized carbons (Fsp3) is 0.250. The van der Waals surface area contributed by atoms with Gasteiger partial charge < -0.3 is 10.6 Å². The van der Waals surface area contributed by atoms with Gasteiger partial charge in [0, 0.05) is 24.6 Å². The van der Waals surface area contributed by atoms with E-state index in [0.717, 1.165) is 11.1 Å². The van der Waals surface area contributed by atoms with Gasteiger partial charge in [-0.05, 0) is 60.4 Å². The van der Waals surface area contributed by atoms with Crippen LogP contribution in [-0.4, -0.2) is 24.4 Å². The van der Waals surface area contributed by atoms with E-state index in [9.17, 15) is 9.59 Å². The molecule has 2 amide bonds. The number of carbonyl (C=O) groups is 2. The third kappa shape index (κ3) is 4.77. The predicted molar refractivity (Wildman–Crippen MR) is 114 cm³/mol. The highest BCUT2D eigenvalue weighted by molar-refractivity contribution is 5.95. The van der Waals surface area contributed by atoms with Crippen LogP contribution in [-0.2, 0) is 4.79 Å². The summed E-state index contributed by atoms with van der Waals surface area (Å²) in [6.45, 7) is 3.86. The summed E-state index contributed by atoms with van der Waals surface area (Å²) >= 11 is 0. The molecule has 3 aromatic carbocycles. The van der Waals surface area contributed by atoms with Gasteiger partial charge in [0.15, 0.2) is 0 Å². The Morgan fingerprint density at radius 1 is 0.857 bits per heavy atom. The third-order valence-electron chi connectivity index (χ3n) is 4.94. The van der Waals surface area contributed by atoms with Gasteiger partial charge in [-0.3, -0.25) is 9.59 Å². The van der Waals surface area contributed by atoms with E-state index in [2.05, 4.69) is 41.0 Å². The lowest BCUT2D eigenvalue weighted by Gasteiger charge is -2.26. The first kappa shape index (κ1) is 19.6. The second-order valence-corrected chi connectivity index (χ2v) is 7.65. The van der Waals surface area contributed by atoms with Crippen LogP contribution in [0.4, 0.5) is 0 Å². The molecule has 0 unspecified atom stereocenters. The molecule has 144 valence electrons. The molecule has 0 aliphatic carbocycles. The van der Waals surface area contributed by atoms with Gasteiger partial charge in [-0.1, -0.05) is 48.5 Å². The second-order valence-electron chi connectivity index (χ2n) is 7.65. The highest BCUT2D eigenvalue weighted by Crippen LogP contribution is 2.25. The Balaban J connectivity index is 1.70. The van der Waals surface area contributed by atoms with Gasteiger partial charge in [0.1, 0.15) is 0 Å². The zero-order valence-corrected chi connectivity index (χ0v) is 16.6. The van der Waals surface area contributed by atoms with Gasteiger partial charge in [0.05, 0.1) is 0 Å². The zero-order chi connectivity index (χ0) is 20.1. The Morgan fingerprint density at radius 2 is 1.50 bits per heavy atom. The molecular weight excluding hydrogens is 348 g/mol. The minimum Gasteiger partial charge on any atom is -0.359 e. The van der Waals surface area contributed by atoms with Gasteiger partial charge in [-0.25, -0.2) is 0 Å². The highest BCUT2D eigenvalue weighted by atomic mass is 16.2. The molecule has 0 spiro atoms.